The summed E-state index contributed by atoms with van der Waals surface area (Å²) >= 11 is 0. The fourth-order valence-electron chi connectivity index (χ4n) is 2.62. The average Bonchev–Trinajstić information content (AvgIpc) is 2.50. The molecule has 0 aliphatic rings. The van der Waals surface area contributed by atoms with Crippen LogP contribution in [0.1, 0.15) is 10.4 Å². The Hall–Kier alpha value is -3.55. The Morgan fingerprint density at radius 2 is 1.57 bits per heavy atom. The molecule has 3 aromatic carbocycles. The number of primary amides is 1. The molecular formula is C15H9N3O5. The highest BCUT2D eigenvalue weighted by Gasteiger charge is 2.27. The summed E-state index contributed by atoms with van der Waals surface area (Å²) in [7, 11) is 0. The molecule has 1 amide bonds. The van der Waals surface area contributed by atoms with Crippen LogP contribution in [0.25, 0.3) is 21.5 Å². The Morgan fingerprint density at radius 1 is 0.913 bits per heavy atom. The highest BCUT2D eigenvalue weighted by molar-refractivity contribution is 6.11. The summed E-state index contributed by atoms with van der Waals surface area (Å²) in [6.07, 6.45) is 0. The van der Waals surface area contributed by atoms with E-state index >= 15 is 0 Å². The Kier molecular flexibility index (Phi) is 3.14. The largest absolute Gasteiger partial charge is 0.366 e. The number of nitrogens with zero attached hydrogens (tertiary/aromatic N) is 2. The molecule has 0 heterocycles. The van der Waals surface area contributed by atoms with Gasteiger partial charge in [-0.05, 0) is 40.4 Å². The van der Waals surface area contributed by atoms with Crippen LogP contribution in [0.2, 0.25) is 0 Å². The molecule has 0 unspecified atom stereocenters. The van der Waals surface area contributed by atoms with Crippen molar-refractivity contribution in [1.82, 2.24) is 0 Å². The minimum Gasteiger partial charge on any atom is -0.366 e. The van der Waals surface area contributed by atoms with Crippen LogP contribution in [0.15, 0.2) is 42.5 Å². The van der Waals surface area contributed by atoms with Gasteiger partial charge in [-0.25, -0.2) is 0 Å². The predicted octanol–water partition coefficient (Wildman–Crippen LogP) is 2.91. The van der Waals surface area contributed by atoms with Gasteiger partial charge in [-0.1, -0.05) is 12.1 Å². The maximum Gasteiger partial charge on any atom is 0.353 e. The number of rotatable bonds is 3. The number of benzene rings is 3. The molecule has 0 fully saturated rings. The molecule has 0 atom stereocenters. The summed E-state index contributed by atoms with van der Waals surface area (Å²) in [6.45, 7) is 0. The van der Waals surface area contributed by atoms with Gasteiger partial charge in [0.15, 0.2) is 0 Å². The standard InChI is InChI=1S/C15H9N3O5/c16-15(19)10-3-1-2-8-7-12-9(6-11(8)10)4-5-13(17(20)21)14(12)18(22)23/h1-7H,(H2,16,19). The van der Waals surface area contributed by atoms with Crippen LogP contribution >= 0.6 is 0 Å². The van der Waals surface area contributed by atoms with Crippen molar-refractivity contribution < 1.29 is 14.6 Å². The first kappa shape index (κ1) is 14.4. The number of nitro groups is 2. The monoisotopic (exact) mass is 311 g/mol. The second kappa shape index (κ2) is 5.02. The number of amides is 1. The lowest BCUT2D eigenvalue weighted by atomic mass is 9.98. The number of hydrogen-bond acceptors (Lipinski definition) is 5. The Labute approximate surface area is 128 Å². The van der Waals surface area contributed by atoms with Crippen LogP contribution in [0.4, 0.5) is 11.4 Å². The van der Waals surface area contributed by atoms with E-state index in [0.29, 0.717) is 16.2 Å². The van der Waals surface area contributed by atoms with Crippen LogP contribution < -0.4 is 5.73 Å². The third kappa shape index (κ3) is 2.22. The number of hydrogen-bond donors (Lipinski definition) is 1. The van der Waals surface area contributed by atoms with Gasteiger partial charge in [-0.3, -0.25) is 25.0 Å². The molecule has 0 aliphatic heterocycles. The van der Waals surface area contributed by atoms with Crippen LogP contribution in [0.3, 0.4) is 0 Å². The Bertz CT molecular complexity index is 1010. The fourth-order valence-corrected chi connectivity index (χ4v) is 2.62. The van der Waals surface area contributed by atoms with Gasteiger partial charge in [-0.15, -0.1) is 0 Å². The maximum atomic E-state index is 11.5. The van der Waals surface area contributed by atoms with Crippen molar-refractivity contribution in [2.45, 2.75) is 0 Å². The van der Waals surface area contributed by atoms with Crippen molar-refractivity contribution in [2.24, 2.45) is 5.73 Å². The van der Waals surface area contributed by atoms with E-state index in [4.69, 9.17) is 5.73 Å². The summed E-state index contributed by atoms with van der Waals surface area (Å²) < 4.78 is 0. The molecule has 2 N–H and O–H groups in total. The number of carbonyl (C=O) groups excluding carboxylic acids is 1. The predicted molar refractivity (Wildman–Crippen MR) is 83.3 cm³/mol. The summed E-state index contributed by atoms with van der Waals surface area (Å²) in [4.78, 5) is 32.2. The lowest BCUT2D eigenvalue weighted by Crippen LogP contribution is -2.11. The molecule has 0 saturated carbocycles. The highest BCUT2D eigenvalue weighted by atomic mass is 16.6. The summed E-state index contributed by atoms with van der Waals surface area (Å²) in [5, 5.41) is 23.9. The van der Waals surface area contributed by atoms with Crippen molar-refractivity contribution in [2.75, 3.05) is 0 Å². The molecule has 0 aromatic heterocycles. The van der Waals surface area contributed by atoms with Crippen molar-refractivity contribution >= 4 is 38.8 Å². The lowest BCUT2D eigenvalue weighted by molar-refractivity contribution is -0.421. The molecule has 8 nitrogen and oxygen atoms in total. The Balaban J connectivity index is 2.48. The first-order chi connectivity index (χ1) is 10.9. The van der Waals surface area contributed by atoms with E-state index in [1.54, 1.807) is 24.3 Å². The molecule has 0 aliphatic carbocycles. The molecule has 3 rings (SSSR count). The van der Waals surface area contributed by atoms with Gasteiger partial charge in [0, 0.05) is 11.6 Å². The zero-order valence-electron chi connectivity index (χ0n) is 11.6. The molecule has 8 heteroatoms. The van der Waals surface area contributed by atoms with E-state index in [1.165, 1.54) is 12.1 Å². The molecular weight excluding hydrogens is 302 g/mol. The fraction of sp³-hybridized carbons (Fsp3) is 0. The molecule has 0 saturated heterocycles. The Morgan fingerprint density at radius 3 is 2.17 bits per heavy atom. The zero-order valence-corrected chi connectivity index (χ0v) is 11.6. The molecule has 0 radical (unpaired) electrons. The molecule has 114 valence electrons. The third-order valence-corrected chi connectivity index (χ3v) is 3.61. The second-order valence-electron chi connectivity index (χ2n) is 4.91. The van der Waals surface area contributed by atoms with E-state index in [-0.39, 0.29) is 10.9 Å². The van der Waals surface area contributed by atoms with E-state index in [1.807, 2.05) is 0 Å². The SMILES string of the molecule is NC(=O)c1cccc2cc3c([N+](=O)[O-])c([N+](=O)[O-])ccc3cc12. The zero-order chi connectivity index (χ0) is 16.7. The first-order valence-corrected chi connectivity index (χ1v) is 6.48. The normalized spacial score (nSPS) is 10.8. The van der Waals surface area contributed by atoms with E-state index in [2.05, 4.69) is 0 Å². The van der Waals surface area contributed by atoms with Crippen molar-refractivity contribution in [3.63, 3.8) is 0 Å². The smallest absolute Gasteiger partial charge is 0.353 e. The summed E-state index contributed by atoms with van der Waals surface area (Å²) in [5.74, 6) is -0.619. The van der Waals surface area contributed by atoms with E-state index in [9.17, 15) is 25.0 Å². The van der Waals surface area contributed by atoms with Gasteiger partial charge in [0.05, 0.1) is 15.2 Å². The van der Waals surface area contributed by atoms with Crippen molar-refractivity contribution in [1.29, 1.82) is 0 Å². The molecule has 3 aromatic rings. The van der Waals surface area contributed by atoms with E-state index in [0.717, 1.165) is 6.07 Å². The van der Waals surface area contributed by atoms with Gasteiger partial charge in [0.25, 0.3) is 0 Å². The number of carbonyl (C=O) groups is 1. The van der Waals surface area contributed by atoms with Crippen LogP contribution in [-0.4, -0.2) is 15.8 Å². The topological polar surface area (TPSA) is 129 Å². The second-order valence-corrected chi connectivity index (χ2v) is 4.91. The first-order valence-electron chi connectivity index (χ1n) is 6.48. The molecule has 0 bridgehead atoms. The van der Waals surface area contributed by atoms with Crippen molar-refractivity contribution in [3.05, 3.63) is 68.3 Å². The van der Waals surface area contributed by atoms with Gasteiger partial charge in [-0.2, -0.15) is 0 Å². The highest BCUT2D eigenvalue weighted by Crippen LogP contribution is 2.37. The van der Waals surface area contributed by atoms with Crippen LogP contribution in [0, 0.1) is 20.2 Å². The van der Waals surface area contributed by atoms with Crippen LogP contribution in [-0.2, 0) is 0 Å². The minimum absolute atomic E-state index is 0.137. The van der Waals surface area contributed by atoms with Gasteiger partial charge in [0.2, 0.25) is 5.91 Å². The molecule has 0 spiro atoms. The van der Waals surface area contributed by atoms with Gasteiger partial charge in [0.1, 0.15) is 0 Å². The average molecular weight is 311 g/mol. The third-order valence-electron chi connectivity index (χ3n) is 3.61. The number of fused-ring (bicyclic) bond motifs is 2. The quantitative estimate of drug-likeness (QED) is 0.451. The number of nitro benzene ring substituents is 2. The lowest BCUT2D eigenvalue weighted by Gasteiger charge is -2.06. The van der Waals surface area contributed by atoms with Gasteiger partial charge < -0.3 is 5.73 Å². The summed E-state index contributed by atoms with van der Waals surface area (Å²) in [5.41, 5.74) is 4.47. The maximum absolute atomic E-state index is 11.5. The van der Waals surface area contributed by atoms with E-state index < -0.39 is 27.1 Å². The number of nitrogens with two attached hydrogens (primary N) is 1. The van der Waals surface area contributed by atoms with Crippen molar-refractivity contribution in [3.8, 4) is 0 Å². The van der Waals surface area contributed by atoms with Crippen LogP contribution in [0.5, 0.6) is 0 Å². The molecule has 23 heavy (non-hydrogen) atoms. The van der Waals surface area contributed by atoms with Gasteiger partial charge >= 0.3 is 11.4 Å². The minimum atomic E-state index is -0.790. The summed E-state index contributed by atoms with van der Waals surface area (Å²) in [6, 6.07) is 10.3.